The van der Waals surface area contributed by atoms with Gasteiger partial charge in [-0.2, -0.15) is 0 Å². The minimum absolute atomic E-state index is 0.220. The Bertz CT molecular complexity index is 1050. The van der Waals surface area contributed by atoms with Crippen molar-refractivity contribution < 1.29 is 18.4 Å². The number of amides is 1. The third-order valence-electron chi connectivity index (χ3n) is 4.45. The van der Waals surface area contributed by atoms with Gasteiger partial charge < -0.3 is 18.9 Å². The van der Waals surface area contributed by atoms with Crippen molar-refractivity contribution in [1.82, 2.24) is 10.3 Å². The number of oxazole rings is 1. The normalized spacial score (nSPS) is 12.2. The summed E-state index contributed by atoms with van der Waals surface area (Å²) in [6.45, 7) is 0.530. The molecule has 0 aliphatic rings. The molecule has 2 aromatic heterocycles. The summed E-state index contributed by atoms with van der Waals surface area (Å²) < 4.78 is 16.3. The monoisotopic (exact) mass is 376 g/mol. The average molecular weight is 376 g/mol. The minimum Gasteiger partial charge on any atom is -0.467 e. The lowest BCUT2D eigenvalue weighted by Crippen LogP contribution is -2.29. The van der Waals surface area contributed by atoms with Gasteiger partial charge in [0, 0.05) is 19.1 Å². The molecule has 1 unspecified atom stereocenters. The van der Waals surface area contributed by atoms with Gasteiger partial charge in [0.2, 0.25) is 0 Å². The third kappa shape index (κ3) is 3.82. The van der Waals surface area contributed by atoms with Crippen LogP contribution < -0.4 is 5.32 Å². The van der Waals surface area contributed by atoms with Gasteiger partial charge in [0.1, 0.15) is 17.3 Å². The van der Waals surface area contributed by atoms with E-state index in [9.17, 15) is 4.79 Å². The quantitative estimate of drug-likeness (QED) is 0.525. The fourth-order valence-electron chi connectivity index (χ4n) is 3.04. The maximum absolute atomic E-state index is 12.9. The molecule has 2 aromatic carbocycles. The number of nitrogens with zero attached hydrogens (tertiary/aromatic N) is 1. The van der Waals surface area contributed by atoms with Crippen molar-refractivity contribution in [1.29, 1.82) is 0 Å². The summed E-state index contributed by atoms with van der Waals surface area (Å²) in [5.41, 5.74) is 2.73. The van der Waals surface area contributed by atoms with Gasteiger partial charge in [0.05, 0.1) is 12.9 Å². The van der Waals surface area contributed by atoms with Crippen molar-refractivity contribution in [2.45, 2.75) is 12.5 Å². The topological polar surface area (TPSA) is 77.5 Å². The highest BCUT2D eigenvalue weighted by molar-refractivity contribution is 5.97. The predicted molar refractivity (Wildman–Crippen MR) is 104 cm³/mol. The highest BCUT2D eigenvalue weighted by atomic mass is 16.5. The average Bonchev–Trinajstić information content (AvgIpc) is 3.40. The van der Waals surface area contributed by atoms with Crippen molar-refractivity contribution >= 4 is 17.0 Å². The Labute approximate surface area is 162 Å². The second-order valence-corrected chi connectivity index (χ2v) is 6.37. The predicted octanol–water partition coefficient (Wildman–Crippen LogP) is 4.13. The number of fused-ring (bicyclic) bond motifs is 1. The van der Waals surface area contributed by atoms with Crippen molar-refractivity contribution in [3.63, 3.8) is 0 Å². The molecule has 0 saturated heterocycles. The van der Waals surface area contributed by atoms with Crippen LogP contribution in [-0.4, -0.2) is 24.6 Å². The fraction of sp³-hybridized carbons (Fsp3) is 0.182. The Morgan fingerprint density at radius 3 is 2.75 bits per heavy atom. The largest absolute Gasteiger partial charge is 0.467 e. The number of nitrogens with one attached hydrogen (secondary N) is 1. The molecule has 28 heavy (non-hydrogen) atoms. The van der Waals surface area contributed by atoms with E-state index in [0.29, 0.717) is 41.3 Å². The number of rotatable bonds is 7. The first kappa shape index (κ1) is 18.0. The van der Waals surface area contributed by atoms with E-state index in [0.717, 1.165) is 5.56 Å². The number of methoxy groups -OCH3 is 1. The molecule has 0 saturated carbocycles. The number of aromatic nitrogens is 1. The first-order valence-corrected chi connectivity index (χ1v) is 9.02. The third-order valence-corrected chi connectivity index (χ3v) is 4.45. The molecule has 0 radical (unpaired) electrons. The van der Waals surface area contributed by atoms with Crippen LogP contribution in [0, 0.1) is 0 Å². The number of furan rings is 1. The minimum atomic E-state index is -0.383. The first-order chi connectivity index (χ1) is 13.7. The zero-order chi connectivity index (χ0) is 19.3. The second-order valence-electron chi connectivity index (χ2n) is 6.37. The van der Waals surface area contributed by atoms with Crippen molar-refractivity contribution in [3.8, 4) is 0 Å². The summed E-state index contributed by atoms with van der Waals surface area (Å²) in [6.07, 6.45) is 2.18. The van der Waals surface area contributed by atoms with Gasteiger partial charge in [-0.15, -0.1) is 0 Å². The van der Waals surface area contributed by atoms with E-state index >= 15 is 0 Å². The van der Waals surface area contributed by atoms with Crippen LogP contribution >= 0.6 is 0 Å². The zero-order valence-corrected chi connectivity index (χ0v) is 15.4. The summed E-state index contributed by atoms with van der Waals surface area (Å²) in [5, 5.41) is 3.04. The molecule has 142 valence electrons. The van der Waals surface area contributed by atoms with Gasteiger partial charge in [-0.25, -0.2) is 4.98 Å². The number of carbonyl (C=O) groups excluding carboxylic acids is 1. The summed E-state index contributed by atoms with van der Waals surface area (Å²) in [7, 11) is 1.63. The van der Waals surface area contributed by atoms with Crippen LogP contribution in [0.3, 0.4) is 0 Å². The molecule has 0 bridgehead atoms. The standard InChI is InChI=1S/C22H20N2O4/c1-26-13-11-20-23-17-10-9-16(14-19(17)28-20)22(25)24-21(18-8-5-12-27-18)15-6-3-2-4-7-15/h2-10,12,14,21H,11,13H2,1H3,(H,24,25). The van der Waals surface area contributed by atoms with Crippen LogP contribution in [0.5, 0.6) is 0 Å². The highest BCUT2D eigenvalue weighted by Crippen LogP contribution is 2.24. The van der Waals surface area contributed by atoms with Gasteiger partial charge in [-0.3, -0.25) is 4.79 Å². The van der Waals surface area contributed by atoms with Crippen molar-refractivity contribution in [3.05, 3.63) is 89.7 Å². The number of hydrogen-bond acceptors (Lipinski definition) is 5. The summed E-state index contributed by atoms with van der Waals surface area (Å²) in [4.78, 5) is 17.3. The molecule has 6 nitrogen and oxygen atoms in total. The molecular weight excluding hydrogens is 356 g/mol. The summed E-state index contributed by atoms with van der Waals surface area (Å²) in [6, 6.07) is 18.2. The maximum Gasteiger partial charge on any atom is 0.252 e. The fourth-order valence-corrected chi connectivity index (χ4v) is 3.04. The molecule has 2 heterocycles. The molecule has 1 atom stereocenters. The van der Waals surface area contributed by atoms with Gasteiger partial charge in [0.25, 0.3) is 5.91 Å². The van der Waals surface area contributed by atoms with Gasteiger partial charge >= 0.3 is 0 Å². The molecule has 4 aromatic rings. The summed E-state index contributed by atoms with van der Waals surface area (Å²) in [5.74, 6) is 1.04. The van der Waals surface area contributed by atoms with Crippen molar-refractivity contribution in [2.75, 3.05) is 13.7 Å². The summed E-state index contributed by atoms with van der Waals surface area (Å²) >= 11 is 0. The van der Waals surface area contributed by atoms with Crippen molar-refractivity contribution in [2.24, 2.45) is 0 Å². The molecule has 4 rings (SSSR count). The number of benzene rings is 2. The Balaban J connectivity index is 1.59. The van der Waals surface area contributed by atoms with E-state index in [1.165, 1.54) is 0 Å². The lowest BCUT2D eigenvalue weighted by atomic mass is 10.0. The SMILES string of the molecule is COCCc1nc2ccc(C(=O)NC(c3ccccc3)c3ccco3)cc2o1. The number of hydrogen-bond donors (Lipinski definition) is 1. The second kappa shape index (κ2) is 8.10. The number of carbonyl (C=O) groups is 1. The van der Waals surface area contributed by atoms with Crippen LogP contribution in [0.4, 0.5) is 0 Å². The molecule has 0 aliphatic heterocycles. The van der Waals surface area contributed by atoms with E-state index in [1.807, 2.05) is 36.4 Å². The molecule has 0 spiro atoms. The van der Waals surface area contributed by atoms with Gasteiger partial charge in [-0.1, -0.05) is 30.3 Å². The van der Waals surface area contributed by atoms with E-state index in [1.54, 1.807) is 37.6 Å². The van der Waals surface area contributed by atoms with Crippen LogP contribution in [0.1, 0.15) is 33.6 Å². The molecule has 0 fully saturated rings. The van der Waals surface area contributed by atoms with Crippen LogP contribution in [0.2, 0.25) is 0 Å². The molecular formula is C22H20N2O4. The smallest absolute Gasteiger partial charge is 0.252 e. The lowest BCUT2D eigenvalue weighted by molar-refractivity contribution is 0.0939. The zero-order valence-electron chi connectivity index (χ0n) is 15.4. The Morgan fingerprint density at radius 1 is 1.14 bits per heavy atom. The van der Waals surface area contributed by atoms with E-state index in [4.69, 9.17) is 13.6 Å². The molecule has 1 N–H and O–H groups in total. The van der Waals surface area contributed by atoms with E-state index in [-0.39, 0.29) is 11.9 Å². The Kier molecular flexibility index (Phi) is 5.21. The maximum atomic E-state index is 12.9. The van der Waals surface area contributed by atoms with E-state index in [2.05, 4.69) is 10.3 Å². The van der Waals surface area contributed by atoms with Gasteiger partial charge in [0.15, 0.2) is 11.5 Å². The van der Waals surface area contributed by atoms with Gasteiger partial charge in [-0.05, 0) is 35.9 Å². The van der Waals surface area contributed by atoms with Crippen LogP contribution in [-0.2, 0) is 11.2 Å². The van der Waals surface area contributed by atoms with Crippen LogP contribution in [0.25, 0.3) is 11.1 Å². The van der Waals surface area contributed by atoms with E-state index < -0.39 is 0 Å². The number of ether oxygens (including phenoxy) is 1. The Morgan fingerprint density at radius 2 is 2.00 bits per heavy atom. The lowest BCUT2D eigenvalue weighted by Gasteiger charge is -2.17. The first-order valence-electron chi connectivity index (χ1n) is 9.02. The molecule has 1 amide bonds. The Hall–Kier alpha value is -3.38. The van der Waals surface area contributed by atoms with Crippen LogP contribution in [0.15, 0.2) is 75.8 Å². The molecule has 6 heteroatoms. The molecule has 0 aliphatic carbocycles. The highest BCUT2D eigenvalue weighted by Gasteiger charge is 2.20.